The number of carboxylic acids is 1. The van der Waals surface area contributed by atoms with E-state index in [1.807, 2.05) is 0 Å². The average molecular weight is 265 g/mol. The Morgan fingerprint density at radius 3 is 2.35 bits per heavy atom. The van der Waals surface area contributed by atoms with Gasteiger partial charge in [-0.05, 0) is 17.7 Å². The van der Waals surface area contributed by atoms with Crippen LogP contribution >= 0.6 is 11.6 Å². The summed E-state index contributed by atoms with van der Waals surface area (Å²) in [4.78, 5) is 11.1. The van der Waals surface area contributed by atoms with E-state index in [2.05, 4.69) is 0 Å². The van der Waals surface area contributed by atoms with Gasteiger partial charge in [0.25, 0.3) is 5.92 Å². The van der Waals surface area contributed by atoms with Crippen LogP contribution in [-0.2, 0) is 10.2 Å². The normalized spacial score (nSPS) is 20.7. The summed E-state index contributed by atoms with van der Waals surface area (Å²) in [6.45, 7) is 0. The van der Waals surface area contributed by atoms with Crippen LogP contribution in [0.5, 0.6) is 0 Å². The zero-order valence-electron chi connectivity index (χ0n) is 8.51. The Morgan fingerprint density at radius 1 is 1.35 bits per heavy atom. The van der Waals surface area contributed by atoms with Crippen molar-refractivity contribution >= 4 is 17.6 Å². The molecule has 0 heterocycles. The Morgan fingerprint density at radius 2 is 1.94 bits per heavy atom. The Labute approximate surface area is 100 Å². The first-order valence-electron chi connectivity index (χ1n) is 4.84. The second-order valence-corrected chi connectivity index (χ2v) is 4.63. The van der Waals surface area contributed by atoms with Gasteiger partial charge < -0.3 is 5.11 Å². The number of hydrogen-bond donors (Lipinski definition) is 1. The number of aliphatic carboxylic acids is 1. The van der Waals surface area contributed by atoms with Crippen molar-refractivity contribution in [2.24, 2.45) is 0 Å². The van der Waals surface area contributed by atoms with Crippen LogP contribution < -0.4 is 0 Å². The predicted octanol–water partition coefficient (Wildman–Crippen LogP) is 3.23. The van der Waals surface area contributed by atoms with Gasteiger partial charge in [0.15, 0.2) is 0 Å². The molecule has 0 unspecified atom stereocenters. The van der Waals surface area contributed by atoms with Gasteiger partial charge >= 0.3 is 5.97 Å². The van der Waals surface area contributed by atoms with Crippen LogP contribution in [0.3, 0.4) is 0 Å². The molecule has 2 nitrogen and oxygen atoms in total. The van der Waals surface area contributed by atoms with Crippen molar-refractivity contribution in [1.29, 1.82) is 0 Å². The first-order valence-corrected chi connectivity index (χ1v) is 5.21. The fraction of sp³-hybridized carbons (Fsp3) is 0.364. The lowest BCUT2D eigenvalue weighted by atomic mass is 9.62. The Bertz CT molecular complexity index is 480. The fourth-order valence-corrected chi connectivity index (χ4v) is 2.51. The van der Waals surface area contributed by atoms with E-state index < -0.39 is 36.0 Å². The van der Waals surface area contributed by atoms with E-state index in [0.29, 0.717) is 0 Å². The van der Waals surface area contributed by atoms with Gasteiger partial charge in [0.1, 0.15) is 11.2 Å². The topological polar surface area (TPSA) is 37.3 Å². The number of rotatable bonds is 2. The summed E-state index contributed by atoms with van der Waals surface area (Å²) in [5.41, 5.74) is -1.66. The molecule has 6 heteroatoms. The van der Waals surface area contributed by atoms with E-state index >= 15 is 0 Å². The predicted molar refractivity (Wildman–Crippen MR) is 54.9 cm³/mol. The molecule has 2 rings (SSSR count). The summed E-state index contributed by atoms with van der Waals surface area (Å²) in [6.07, 6.45) is -1.61. The molecule has 0 saturated heterocycles. The van der Waals surface area contributed by atoms with Crippen molar-refractivity contribution in [1.82, 2.24) is 0 Å². The van der Waals surface area contributed by atoms with Crippen LogP contribution in [0, 0.1) is 5.82 Å². The zero-order chi connectivity index (χ0) is 12.8. The molecule has 0 aromatic heterocycles. The highest BCUT2D eigenvalue weighted by molar-refractivity contribution is 6.31. The number of halogens is 4. The van der Waals surface area contributed by atoms with E-state index in [1.54, 1.807) is 0 Å². The number of benzene rings is 1. The molecule has 1 N–H and O–H groups in total. The van der Waals surface area contributed by atoms with E-state index in [-0.39, 0.29) is 10.6 Å². The standard InChI is InChI=1S/C11H8ClF3O2/c12-8-3-6(13)1-2-7(8)10(9(16)17)4-11(14,15)5-10/h1-3H,4-5H2,(H,16,17). The minimum Gasteiger partial charge on any atom is -0.481 e. The minimum atomic E-state index is -3.00. The molecular weight excluding hydrogens is 257 g/mol. The van der Waals surface area contributed by atoms with Crippen molar-refractivity contribution in [2.75, 3.05) is 0 Å². The SMILES string of the molecule is O=C(O)C1(c2ccc(F)cc2Cl)CC(F)(F)C1. The molecule has 1 aliphatic rings. The van der Waals surface area contributed by atoms with Crippen LogP contribution in [0.25, 0.3) is 0 Å². The zero-order valence-corrected chi connectivity index (χ0v) is 9.27. The molecule has 0 spiro atoms. The molecule has 1 aliphatic carbocycles. The van der Waals surface area contributed by atoms with E-state index in [9.17, 15) is 18.0 Å². The van der Waals surface area contributed by atoms with Gasteiger partial charge in [-0.3, -0.25) is 4.79 Å². The third-order valence-electron chi connectivity index (χ3n) is 2.98. The maximum Gasteiger partial charge on any atom is 0.314 e. The van der Waals surface area contributed by atoms with E-state index in [1.165, 1.54) is 0 Å². The third-order valence-corrected chi connectivity index (χ3v) is 3.29. The first kappa shape index (κ1) is 12.2. The molecule has 0 bridgehead atoms. The van der Waals surface area contributed by atoms with Gasteiger partial charge in [0.2, 0.25) is 0 Å². The lowest BCUT2D eigenvalue weighted by Crippen LogP contribution is -2.54. The third kappa shape index (κ3) is 1.88. The van der Waals surface area contributed by atoms with E-state index in [0.717, 1.165) is 18.2 Å². The number of hydrogen-bond acceptors (Lipinski definition) is 1. The van der Waals surface area contributed by atoms with Gasteiger partial charge in [-0.2, -0.15) is 0 Å². The highest BCUT2D eigenvalue weighted by Gasteiger charge is 2.62. The lowest BCUT2D eigenvalue weighted by Gasteiger charge is -2.44. The molecule has 0 aliphatic heterocycles. The quantitative estimate of drug-likeness (QED) is 0.890. The van der Waals surface area contributed by atoms with Crippen molar-refractivity contribution < 1.29 is 23.1 Å². The average Bonchev–Trinajstić information content (AvgIpc) is 2.13. The molecule has 0 amide bonds. The van der Waals surface area contributed by atoms with Crippen LogP contribution in [0.4, 0.5) is 13.2 Å². The molecule has 1 saturated carbocycles. The molecule has 1 aromatic rings. The largest absolute Gasteiger partial charge is 0.481 e. The Hall–Kier alpha value is -1.23. The maximum atomic E-state index is 12.9. The molecular formula is C11H8ClF3O2. The summed E-state index contributed by atoms with van der Waals surface area (Å²) >= 11 is 5.72. The monoisotopic (exact) mass is 264 g/mol. The van der Waals surface area contributed by atoms with Crippen molar-refractivity contribution in [2.45, 2.75) is 24.2 Å². The minimum absolute atomic E-state index is 0.0407. The second-order valence-electron chi connectivity index (χ2n) is 4.22. The van der Waals surface area contributed by atoms with Crippen molar-refractivity contribution in [3.05, 3.63) is 34.6 Å². The molecule has 92 valence electrons. The molecule has 0 radical (unpaired) electrons. The van der Waals surface area contributed by atoms with Crippen LogP contribution in [0.2, 0.25) is 5.02 Å². The summed E-state index contributed by atoms with van der Waals surface area (Å²) in [5.74, 6) is -5.00. The Balaban J connectivity index is 2.46. The highest BCUT2D eigenvalue weighted by Crippen LogP contribution is 2.54. The summed E-state index contributed by atoms with van der Waals surface area (Å²) in [7, 11) is 0. The van der Waals surface area contributed by atoms with Gasteiger partial charge in [-0.15, -0.1) is 0 Å². The highest BCUT2D eigenvalue weighted by atomic mass is 35.5. The lowest BCUT2D eigenvalue weighted by molar-refractivity contribution is -0.174. The van der Waals surface area contributed by atoms with Crippen LogP contribution in [0.15, 0.2) is 18.2 Å². The Kier molecular flexibility index (Phi) is 2.61. The van der Waals surface area contributed by atoms with Crippen LogP contribution in [-0.4, -0.2) is 17.0 Å². The summed E-state index contributed by atoms with van der Waals surface area (Å²) < 4.78 is 38.7. The van der Waals surface area contributed by atoms with Crippen LogP contribution in [0.1, 0.15) is 18.4 Å². The second kappa shape index (κ2) is 3.63. The maximum absolute atomic E-state index is 12.9. The first-order chi connectivity index (χ1) is 7.77. The van der Waals surface area contributed by atoms with Gasteiger partial charge in [0.05, 0.1) is 0 Å². The molecule has 1 fully saturated rings. The summed E-state index contributed by atoms with van der Waals surface area (Å²) in [6, 6.07) is 3.10. The van der Waals surface area contributed by atoms with E-state index in [4.69, 9.17) is 16.7 Å². The summed E-state index contributed by atoms with van der Waals surface area (Å²) in [5, 5.41) is 8.94. The van der Waals surface area contributed by atoms with Gasteiger partial charge in [-0.25, -0.2) is 13.2 Å². The number of carbonyl (C=O) groups is 1. The number of alkyl halides is 2. The smallest absolute Gasteiger partial charge is 0.314 e. The van der Waals surface area contributed by atoms with Gasteiger partial charge in [0, 0.05) is 17.9 Å². The fourth-order valence-electron chi connectivity index (χ4n) is 2.17. The van der Waals surface area contributed by atoms with Crippen molar-refractivity contribution in [3.63, 3.8) is 0 Å². The van der Waals surface area contributed by atoms with Gasteiger partial charge in [-0.1, -0.05) is 17.7 Å². The molecule has 17 heavy (non-hydrogen) atoms. The molecule has 0 atom stereocenters. The number of carboxylic acid groups (broad SMARTS) is 1. The van der Waals surface area contributed by atoms with Crippen molar-refractivity contribution in [3.8, 4) is 0 Å². The molecule has 1 aromatic carbocycles.